The minimum atomic E-state index is -2.22. The van der Waals surface area contributed by atoms with Gasteiger partial charge in [0.2, 0.25) is 11.6 Å². The van der Waals surface area contributed by atoms with E-state index in [4.69, 9.17) is 9.98 Å². The van der Waals surface area contributed by atoms with Gasteiger partial charge in [0, 0.05) is 32.0 Å². The normalized spacial score (nSPS) is 18.2. The number of carbonyl (C=O) groups is 2. The van der Waals surface area contributed by atoms with Crippen LogP contribution in [-0.2, 0) is 0 Å². The zero-order valence-electron chi connectivity index (χ0n) is 25.1. The zero-order chi connectivity index (χ0) is 33.2. The second-order valence-electron chi connectivity index (χ2n) is 11.9. The number of benzene rings is 2. The van der Waals surface area contributed by atoms with Crippen molar-refractivity contribution in [3.8, 4) is 34.0 Å². The molecule has 0 bridgehead atoms. The van der Waals surface area contributed by atoms with Gasteiger partial charge >= 0.3 is 0 Å². The molecule has 226 valence electrons. The molecule has 1 saturated heterocycles. The Labute approximate surface area is 284 Å². The molecule has 2 aromatic carbocycles. The fourth-order valence-electron chi connectivity index (χ4n) is 7.50. The molecule has 2 aliphatic carbocycles. The first-order valence-corrected chi connectivity index (χ1v) is 19.3. The smallest absolute Gasteiger partial charge is 0.212 e. The summed E-state index contributed by atoms with van der Waals surface area (Å²) >= 11 is 2.99. The minimum absolute atomic E-state index is 0.108. The van der Waals surface area contributed by atoms with Crippen LogP contribution in [0.15, 0.2) is 81.8 Å². The quantitative estimate of drug-likeness (QED) is 0.164. The Morgan fingerprint density at radius 2 is 1.00 bits per heavy atom. The maximum atomic E-state index is 13.6. The van der Waals surface area contributed by atoms with Gasteiger partial charge in [0.25, 0.3) is 0 Å². The number of ketones is 2. The summed E-state index contributed by atoms with van der Waals surface area (Å²) in [6, 6.07) is 28.1. The van der Waals surface area contributed by atoms with Crippen molar-refractivity contribution >= 4 is 85.3 Å². The topological polar surface area (TPSA) is 154 Å². The third-order valence-electron chi connectivity index (χ3n) is 9.56. The van der Waals surface area contributed by atoms with Gasteiger partial charge in [0.05, 0.1) is 0 Å². The third-order valence-corrected chi connectivity index (χ3v) is 17.4. The van der Waals surface area contributed by atoms with E-state index >= 15 is 0 Å². The number of allylic oxidation sites excluding steroid dienone is 4. The lowest BCUT2D eigenvalue weighted by atomic mass is 10.0. The van der Waals surface area contributed by atoms with E-state index in [1.165, 1.54) is 33.0 Å². The molecule has 4 heterocycles. The largest absolute Gasteiger partial charge is 0.287 e. The molecule has 0 radical (unpaired) electrons. The average Bonchev–Trinajstić information content (AvgIpc) is 3.90. The number of hydrogen-bond donors (Lipinski definition) is 0. The SMILES string of the molecule is N#CC(C#N)=C1/C(=N/c2cc3c(s2)-c2sc(/N=C4\C(=O)c5ccccc5C4=C(C#N)C#N)cc2[Si]32CCCCC2)C(=O)c2ccccc21. The number of aliphatic imine (C=N–C) groups is 2. The molecule has 2 aliphatic heterocycles. The van der Waals surface area contributed by atoms with Crippen LogP contribution in [0.4, 0.5) is 10.0 Å². The molecule has 0 amide bonds. The molecule has 0 N–H and O–H groups in total. The molecular weight excluding hydrogens is 653 g/mol. The molecule has 8 rings (SSSR count). The summed E-state index contributed by atoms with van der Waals surface area (Å²) in [5.41, 5.74) is 2.40. The molecule has 0 unspecified atom stereocenters. The summed E-state index contributed by atoms with van der Waals surface area (Å²) < 4.78 is 0. The second kappa shape index (κ2) is 11.2. The summed E-state index contributed by atoms with van der Waals surface area (Å²) in [4.78, 5) is 39.0. The Balaban J connectivity index is 1.28. The van der Waals surface area contributed by atoms with Crippen molar-refractivity contribution in [2.45, 2.75) is 31.4 Å². The molecule has 1 spiro atoms. The Hall–Kier alpha value is -5.82. The van der Waals surface area contributed by atoms with Gasteiger partial charge in [-0.15, -0.1) is 22.7 Å². The number of Topliss-reactive ketones (excluding diaryl/α,β-unsaturated/α-hetero) is 2. The molecular formula is C37H20N6O2S2Si. The van der Waals surface area contributed by atoms with E-state index in [2.05, 4.69) is 12.1 Å². The van der Waals surface area contributed by atoms with Gasteiger partial charge in [-0.2, -0.15) is 21.0 Å². The molecule has 8 nitrogen and oxygen atoms in total. The van der Waals surface area contributed by atoms with Crippen LogP contribution in [0.3, 0.4) is 0 Å². The maximum absolute atomic E-state index is 13.6. The van der Waals surface area contributed by atoms with Crippen LogP contribution in [0.25, 0.3) is 20.9 Å². The summed E-state index contributed by atoms with van der Waals surface area (Å²) in [7, 11) is -2.22. The summed E-state index contributed by atoms with van der Waals surface area (Å²) in [6.45, 7) is 0. The van der Waals surface area contributed by atoms with Crippen molar-refractivity contribution in [3.63, 3.8) is 0 Å². The highest BCUT2D eigenvalue weighted by Crippen LogP contribution is 2.49. The lowest BCUT2D eigenvalue weighted by molar-refractivity contribution is 0.106. The van der Waals surface area contributed by atoms with Gasteiger partial charge in [-0.1, -0.05) is 67.8 Å². The Morgan fingerprint density at radius 3 is 1.40 bits per heavy atom. The van der Waals surface area contributed by atoms with E-state index in [9.17, 15) is 30.6 Å². The van der Waals surface area contributed by atoms with Crippen molar-refractivity contribution < 1.29 is 9.59 Å². The third kappa shape index (κ3) is 4.13. The maximum Gasteiger partial charge on any atom is 0.212 e. The Kier molecular flexibility index (Phi) is 6.87. The lowest BCUT2D eigenvalue weighted by Crippen LogP contribution is -2.55. The predicted molar refractivity (Wildman–Crippen MR) is 188 cm³/mol. The Bertz CT molecular complexity index is 2280. The van der Waals surface area contributed by atoms with Crippen molar-refractivity contribution in [1.82, 2.24) is 0 Å². The number of hydrogen-bond acceptors (Lipinski definition) is 10. The van der Waals surface area contributed by atoms with Gasteiger partial charge in [0.1, 0.15) is 64.9 Å². The van der Waals surface area contributed by atoms with E-state index < -0.39 is 8.07 Å². The summed E-state index contributed by atoms with van der Waals surface area (Å²) in [5.74, 6) is -0.617. The van der Waals surface area contributed by atoms with Crippen LogP contribution in [-0.4, -0.2) is 31.1 Å². The Morgan fingerprint density at radius 1 is 0.604 bits per heavy atom. The van der Waals surface area contributed by atoms with Gasteiger partial charge < -0.3 is 0 Å². The number of nitrogens with zero attached hydrogens (tertiary/aromatic N) is 6. The molecule has 4 aromatic rings. The second-order valence-corrected chi connectivity index (χ2v) is 18.2. The fraction of sp³-hybridized carbons (Fsp3) is 0.135. The first kappa shape index (κ1) is 29.6. The van der Waals surface area contributed by atoms with Crippen LogP contribution in [0, 0.1) is 45.3 Å². The molecule has 0 atom stereocenters. The van der Waals surface area contributed by atoms with Crippen LogP contribution in [0.1, 0.15) is 51.1 Å². The van der Waals surface area contributed by atoms with Crippen molar-refractivity contribution in [1.29, 1.82) is 21.0 Å². The van der Waals surface area contributed by atoms with Gasteiger partial charge in [-0.25, -0.2) is 9.98 Å². The number of thiophene rings is 2. The van der Waals surface area contributed by atoms with Crippen LogP contribution in [0.2, 0.25) is 12.1 Å². The highest BCUT2D eigenvalue weighted by Gasteiger charge is 2.49. The molecule has 11 heteroatoms. The highest BCUT2D eigenvalue weighted by atomic mass is 32.1. The molecule has 4 aliphatic rings. The van der Waals surface area contributed by atoms with Gasteiger partial charge in [0.15, 0.2) is 0 Å². The van der Waals surface area contributed by atoms with Gasteiger partial charge in [-0.05, 0) is 45.7 Å². The highest BCUT2D eigenvalue weighted by molar-refractivity contribution is 7.32. The number of rotatable bonds is 2. The molecule has 2 aromatic heterocycles. The average molecular weight is 673 g/mol. The van der Waals surface area contributed by atoms with Crippen LogP contribution >= 0.6 is 22.7 Å². The first-order chi connectivity index (χ1) is 23.4. The predicted octanol–water partition coefficient (Wildman–Crippen LogP) is 7.08. The minimum Gasteiger partial charge on any atom is -0.287 e. The first-order valence-electron chi connectivity index (χ1n) is 15.3. The number of carbonyl (C=O) groups excluding carboxylic acids is 2. The molecule has 1 fully saturated rings. The zero-order valence-corrected chi connectivity index (χ0v) is 27.8. The standard InChI is InChI=1S/C37H20N6O2S2Si/c38-16-20(17-39)30-22-8-2-4-10-24(22)34(44)32(30)42-28-14-26-36(46-28)37-27(48(26)12-6-1-7-13-48)15-29(47-37)43-33-31(21(18-40)19-41)23-9-3-5-11-25(23)35(33)45/h2-5,8-11,14-15H,1,6-7,12-13H2/b42-32-,43-33-. The van der Waals surface area contributed by atoms with Crippen LogP contribution < -0.4 is 10.4 Å². The summed E-state index contributed by atoms with van der Waals surface area (Å²) in [6.07, 6.45) is 3.37. The van der Waals surface area contributed by atoms with Crippen LogP contribution in [0.5, 0.6) is 0 Å². The number of fused-ring (bicyclic) bond motifs is 7. The van der Waals surface area contributed by atoms with Crippen molar-refractivity contribution in [2.75, 3.05) is 0 Å². The van der Waals surface area contributed by atoms with E-state index in [0.717, 1.165) is 41.1 Å². The van der Waals surface area contributed by atoms with Crippen molar-refractivity contribution in [3.05, 3.63) is 94.1 Å². The van der Waals surface area contributed by atoms with Crippen molar-refractivity contribution in [2.24, 2.45) is 9.98 Å². The monoisotopic (exact) mass is 672 g/mol. The summed E-state index contributed by atoms with van der Waals surface area (Å²) in [5, 5.41) is 42.9. The molecule has 0 saturated carbocycles. The van der Waals surface area contributed by atoms with E-state index in [1.54, 1.807) is 48.5 Å². The fourth-order valence-corrected chi connectivity index (χ4v) is 16.7. The molecule has 48 heavy (non-hydrogen) atoms. The van der Waals surface area contributed by atoms with E-state index in [-0.39, 0.29) is 45.3 Å². The lowest BCUT2D eigenvalue weighted by Gasteiger charge is -2.32. The number of nitriles is 4. The van der Waals surface area contributed by atoms with E-state index in [1.807, 2.05) is 24.3 Å². The van der Waals surface area contributed by atoms with Gasteiger partial charge in [-0.3, -0.25) is 9.59 Å². The van der Waals surface area contributed by atoms with E-state index in [0.29, 0.717) is 32.3 Å².